The van der Waals surface area contributed by atoms with Crippen molar-refractivity contribution in [3.05, 3.63) is 0 Å². The van der Waals surface area contributed by atoms with Gasteiger partial charge in [0.1, 0.15) is 0 Å². The zero-order valence-electron chi connectivity index (χ0n) is 12.6. The van der Waals surface area contributed by atoms with Crippen LogP contribution in [-0.2, 0) is 0 Å². The van der Waals surface area contributed by atoms with Crippen LogP contribution < -0.4 is 5.32 Å². The molecule has 0 aromatic rings. The summed E-state index contributed by atoms with van der Waals surface area (Å²) in [5.74, 6) is 3.71. The third-order valence-corrected chi connectivity index (χ3v) is 5.13. The minimum absolute atomic E-state index is 0.783. The zero-order chi connectivity index (χ0) is 12.8. The Kier molecular flexibility index (Phi) is 6.54. The summed E-state index contributed by atoms with van der Waals surface area (Å²) in [4.78, 5) is 0. The predicted molar refractivity (Wildman–Crippen MR) is 77.2 cm³/mol. The van der Waals surface area contributed by atoms with Crippen LogP contribution in [0.3, 0.4) is 0 Å². The molecule has 0 aromatic heterocycles. The fourth-order valence-electron chi connectivity index (χ4n) is 3.60. The highest BCUT2D eigenvalue weighted by Crippen LogP contribution is 2.37. The topological polar surface area (TPSA) is 12.0 Å². The summed E-state index contributed by atoms with van der Waals surface area (Å²) in [6.07, 6.45) is 8.44. The van der Waals surface area contributed by atoms with Crippen molar-refractivity contribution >= 4 is 0 Å². The van der Waals surface area contributed by atoms with E-state index in [1.807, 2.05) is 0 Å². The Bertz CT molecular complexity index is 194. The number of hydrogen-bond acceptors (Lipinski definition) is 1. The maximum absolute atomic E-state index is 3.57. The summed E-state index contributed by atoms with van der Waals surface area (Å²) in [6, 6.07) is 0.783. The molecule has 0 heterocycles. The molecule has 1 heteroatoms. The second-order valence-corrected chi connectivity index (χ2v) is 6.39. The quantitative estimate of drug-likeness (QED) is 0.721. The summed E-state index contributed by atoms with van der Waals surface area (Å²) in [7, 11) is 2.15. The molecule has 1 saturated carbocycles. The minimum Gasteiger partial charge on any atom is -0.317 e. The van der Waals surface area contributed by atoms with Gasteiger partial charge in [0.2, 0.25) is 0 Å². The van der Waals surface area contributed by atoms with E-state index in [4.69, 9.17) is 0 Å². The first-order chi connectivity index (χ1) is 8.12. The molecular weight excluding hydrogens is 206 g/mol. The van der Waals surface area contributed by atoms with Crippen molar-refractivity contribution in [1.29, 1.82) is 0 Å². The van der Waals surface area contributed by atoms with Crippen LogP contribution in [0.25, 0.3) is 0 Å². The molecule has 0 aliphatic heterocycles. The molecule has 0 saturated heterocycles. The predicted octanol–water partition coefficient (Wildman–Crippen LogP) is 4.47. The van der Waals surface area contributed by atoms with E-state index in [0.29, 0.717) is 0 Å². The van der Waals surface area contributed by atoms with Gasteiger partial charge in [-0.1, -0.05) is 40.5 Å². The lowest BCUT2D eigenvalue weighted by atomic mass is 9.70. The van der Waals surface area contributed by atoms with Crippen molar-refractivity contribution in [3.63, 3.8) is 0 Å². The van der Waals surface area contributed by atoms with Gasteiger partial charge in [-0.25, -0.2) is 0 Å². The lowest BCUT2D eigenvalue weighted by Gasteiger charge is -2.39. The monoisotopic (exact) mass is 239 g/mol. The van der Waals surface area contributed by atoms with E-state index >= 15 is 0 Å². The van der Waals surface area contributed by atoms with Gasteiger partial charge >= 0.3 is 0 Å². The van der Waals surface area contributed by atoms with Crippen LogP contribution in [0, 0.1) is 23.7 Å². The molecule has 0 bridgehead atoms. The van der Waals surface area contributed by atoms with Gasteiger partial charge in [-0.3, -0.25) is 0 Å². The Balaban J connectivity index is 2.56. The fourth-order valence-corrected chi connectivity index (χ4v) is 3.60. The number of nitrogens with one attached hydrogen (secondary N) is 1. The molecule has 3 atom stereocenters. The van der Waals surface area contributed by atoms with Crippen LogP contribution in [-0.4, -0.2) is 13.1 Å². The van der Waals surface area contributed by atoms with E-state index in [0.717, 1.165) is 29.7 Å². The average molecular weight is 239 g/mol. The van der Waals surface area contributed by atoms with Crippen molar-refractivity contribution < 1.29 is 0 Å². The van der Waals surface area contributed by atoms with Crippen LogP contribution in [0.2, 0.25) is 0 Å². The zero-order valence-corrected chi connectivity index (χ0v) is 12.6. The molecule has 1 nitrogen and oxygen atoms in total. The van der Waals surface area contributed by atoms with Crippen molar-refractivity contribution in [2.45, 2.75) is 72.3 Å². The molecule has 102 valence electrons. The SMILES string of the molecule is CCC(CC)CC1CC(C(C)C)CCC1NC. The molecule has 1 N–H and O–H groups in total. The normalized spacial score (nSPS) is 30.2. The average Bonchev–Trinajstić information content (AvgIpc) is 2.35. The molecule has 0 amide bonds. The summed E-state index contributed by atoms with van der Waals surface area (Å²) >= 11 is 0. The Morgan fingerprint density at radius 2 is 1.76 bits per heavy atom. The van der Waals surface area contributed by atoms with E-state index in [-0.39, 0.29) is 0 Å². The van der Waals surface area contributed by atoms with E-state index in [1.54, 1.807) is 0 Å². The first-order valence-electron chi connectivity index (χ1n) is 7.79. The van der Waals surface area contributed by atoms with Crippen molar-refractivity contribution in [1.82, 2.24) is 5.32 Å². The lowest BCUT2D eigenvalue weighted by Crippen LogP contribution is -2.40. The minimum atomic E-state index is 0.783. The Morgan fingerprint density at radius 1 is 1.12 bits per heavy atom. The first kappa shape index (κ1) is 15.0. The summed E-state index contributed by atoms with van der Waals surface area (Å²) in [5, 5.41) is 3.57. The Morgan fingerprint density at radius 3 is 2.24 bits per heavy atom. The third-order valence-electron chi connectivity index (χ3n) is 5.13. The standard InChI is InChI=1S/C16H33N/c1-6-13(7-2)10-15-11-14(12(3)4)8-9-16(15)17-5/h12-17H,6-11H2,1-5H3. The highest BCUT2D eigenvalue weighted by Gasteiger charge is 2.31. The highest BCUT2D eigenvalue weighted by molar-refractivity contribution is 4.86. The number of hydrogen-bond donors (Lipinski definition) is 1. The van der Waals surface area contributed by atoms with Crippen LogP contribution in [0.4, 0.5) is 0 Å². The summed E-state index contributed by atoms with van der Waals surface area (Å²) in [6.45, 7) is 9.51. The smallest absolute Gasteiger partial charge is 0.00926 e. The molecule has 1 aliphatic carbocycles. The molecular formula is C16H33N. The van der Waals surface area contributed by atoms with E-state index in [2.05, 4.69) is 40.1 Å². The van der Waals surface area contributed by atoms with Crippen LogP contribution in [0.1, 0.15) is 66.2 Å². The van der Waals surface area contributed by atoms with E-state index in [9.17, 15) is 0 Å². The summed E-state index contributed by atoms with van der Waals surface area (Å²) in [5.41, 5.74) is 0. The van der Waals surface area contributed by atoms with Crippen LogP contribution in [0.15, 0.2) is 0 Å². The maximum Gasteiger partial charge on any atom is 0.00926 e. The van der Waals surface area contributed by atoms with Gasteiger partial charge < -0.3 is 5.32 Å². The van der Waals surface area contributed by atoms with Crippen LogP contribution in [0.5, 0.6) is 0 Å². The molecule has 0 radical (unpaired) electrons. The molecule has 17 heavy (non-hydrogen) atoms. The van der Waals surface area contributed by atoms with E-state index < -0.39 is 0 Å². The Labute approximate surface area is 109 Å². The Hall–Kier alpha value is -0.0400. The van der Waals surface area contributed by atoms with Crippen molar-refractivity contribution in [2.75, 3.05) is 7.05 Å². The van der Waals surface area contributed by atoms with Crippen molar-refractivity contribution in [3.8, 4) is 0 Å². The molecule has 0 aromatic carbocycles. The van der Waals surface area contributed by atoms with Gasteiger partial charge in [-0.05, 0) is 56.4 Å². The summed E-state index contributed by atoms with van der Waals surface area (Å²) < 4.78 is 0. The maximum atomic E-state index is 3.57. The van der Waals surface area contributed by atoms with Gasteiger partial charge in [-0.15, -0.1) is 0 Å². The van der Waals surface area contributed by atoms with Gasteiger partial charge in [-0.2, -0.15) is 0 Å². The van der Waals surface area contributed by atoms with Gasteiger partial charge in [0.15, 0.2) is 0 Å². The number of rotatable bonds is 6. The molecule has 1 rings (SSSR count). The second-order valence-electron chi connectivity index (χ2n) is 6.39. The lowest BCUT2D eigenvalue weighted by molar-refractivity contribution is 0.147. The van der Waals surface area contributed by atoms with Gasteiger partial charge in [0.25, 0.3) is 0 Å². The second kappa shape index (κ2) is 7.41. The van der Waals surface area contributed by atoms with Gasteiger partial charge in [0, 0.05) is 6.04 Å². The van der Waals surface area contributed by atoms with Crippen LogP contribution >= 0.6 is 0 Å². The highest BCUT2D eigenvalue weighted by atomic mass is 14.9. The molecule has 0 spiro atoms. The molecule has 3 unspecified atom stereocenters. The largest absolute Gasteiger partial charge is 0.317 e. The molecule has 1 aliphatic rings. The van der Waals surface area contributed by atoms with E-state index in [1.165, 1.54) is 38.5 Å². The molecule has 1 fully saturated rings. The third kappa shape index (κ3) is 4.28. The van der Waals surface area contributed by atoms with Crippen molar-refractivity contribution in [2.24, 2.45) is 23.7 Å². The fraction of sp³-hybridized carbons (Fsp3) is 1.00. The van der Waals surface area contributed by atoms with Gasteiger partial charge in [0.05, 0.1) is 0 Å². The first-order valence-corrected chi connectivity index (χ1v) is 7.79.